The van der Waals surface area contributed by atoms with E-state index in [0.29, 0.717) is 23.7 Å². The normalized spacial score (nSPS) is 19.1. The van der Waals surface area contributed by atoms with Gasteiger partial charge in [-0.05, 0) is 98.0 Å². The summed E-state index contributed by atoms with van der Waals surface area (Å²) in [6, 6.07) is 15.2. The number of pyridine rings is 1. The molecule has 0 amide bonds. The van der Waals surface area contributed by atoms with Crippen molar-refractivity contribution in [2.75, 3.05) is 12.4 Å². The van der Waals surface area contributed by atoms with Crippen LogP contribution in [0.3, 0.4) is 0 Å². The Morgan fingerprint density at radius 1 is 1.06 bits per heavy atom. The van der Waals surface area contributed by atoms with E-state index in [1.54, 1.807) is 19.2 Å². The number of hydrogen-bond donors (Lipinski definition) is 1. The Morgan fingerprint density at radius 2 is 1.85 bits per heavy atom. The third-order valence-corrected chi connectivity index (χ3v) is 7.03. The van der Waals surface area contributed by atoms with Crippen LogP contribution in [-0.4, -0.2) is 28.3 Å². The first-order valence-corrected chi connectivity index (χ1v) is 11.9. The number of fused-ring (bicyclic) bond motifs is 1. The summed E-state index contributed by atoms with van der Waals surface area (Å²) < 4.78 is 25.0. The summed E-state index contributed by atoms with van der Waals surface area (Å²) in [5.74, 6) is 2.00. The lowest BCUT2D eigenvalue weighted by Crippen LogP contribution is -2.31. The van der Waals surface area contributed by atoms with Gasteiger partial charge in [0.05, 0.1) is 12.6 Å². The van der Waals surface area contributed by atoms with Crippen LogP contribution in [0, 0.1) is 11.7 Å². The molecule has 7 heteroatoms. The second-order valence-electron chi connectivity index (χ2n) is 8.97. The van der Waals surface area contributed by atoms with Gasteiger partial charge < -0.3 is 14.5 Å². The highest BCUT2D eigenvalue weighted by Gasteiger charge is 2.29. The molecule has 1 N–H and O–H groups in total. The van der Waals surface area contributed by atoms with Gasteiger partial charge in [0.25, 0.3) is 0 Å². The Balaban J connectivity index is 1.24. The SMILES string of the molecule is CCC(Nc1nnc(-c2ccc(OC)cc2)o1)[C@H]1CC[C@@H](c2ccnc3ccc(F)cc32)CC1. The molecule has 2 heterocycles. The molecule has 1 fully saturated rings. The molecule has 1 unspecified atom stereocenters. The van der Waals surface area contributed by atoms with Crippen LogP contribution in [-0.2, 0) is 0 Å². The molecule has 0 saturated heterocycles. The molecule has 176 valence electrons. The molecule has 2 aromatic carbocycles. The van der Waals surface area contributed by atoms with E-state index >= 15 is 0 Å². The van der Waals surface area contributed by atoms with E-state index in [9.17, 15) is 4.39 Å². The minimum absolute atomic E-state index is 0.209. The topological polar surface area (TPSA) is 73.1 Å². The number of methoxy groups -OCH3 is 1. The number of benzene rings is 2. The van der Waals surface area contributed by atoms with Gasteiger partial charge in [0.15, 0.2) is 0 Å². The number of rotatable bonds is 7. The molecule has 1 atom stereocenters. The molecular weight excluding hydrogens is 431 g/mol. The molecule has 4 aromatic rings. The van der Waals surface area contributed by atoms with Crippen LogP contribution in [0.4, 0.5) is 10.4 Å². The summed E-state index contributed by atoms with van der Waals surface area (Å²) in [5.41, 5.74) is 2.93. The Kier molecular flexibility index (Phi) is 6.43. The number of nitrogens with one attached hydrogen (secondary N) is 1. The first kappa shape index (κ1) is 22.3. The van der Waals surface area contributed by atoms with Crippen LogP contribution in [0.1, 0.15) is 50.5 Å². The summed E-state index contributed by atoms with van der Waals surface area (Å²) in [5, 5.41) is 12.8. The van der Waals surface area contributed by atoms with Crippen LogP contribution >= 0.6 is 0 Å². The molecule has 0 bridgehead atoms. The summed E-state index contributed by atoms with van der Waals surface area (Å²) >= 11 is 0. The van der Waals surface area contributed by atoms with Crippen molar-refractivity contribution in [2.24, 2.45) is 5.92 Å². The average Bonchev–Trinajstić information content (AvgIpc) is 3.36. The van der Waals surface area contributed by atoms with Crippen molar-refractivity contribution in [3.8, 4) is 17.2 Å². The van der Waals surface area contributed by atoms with Crippen molar-refractivity contribution in [1.82, 2.24) is 15.2 Å². The van der Waals surface area contributed by atoms with Gasteiger partial charge in [-0.3, -0.25) is 4.98 Å². The Hall–Kier alpha value is -3.48. The van der Waals surface area contributed by atoms with E-state index in [1.165, 1.54) is 11.6 Å². The van der Waals surface area contributed by atoms with Crippen LogP contribution < -0.4 is 10.1 Å². The average molecular weight is 461 g/mol. The largest absolute Gasteiger partial charge is 0.497 e. The number of aromatic nitrogens is 3. The maximum absolute atomic E-state index is 13.9. The van der Waals surface area contributed by atoms with Crippen LogP contribution in [0.25, 0.3) is 22.4 Å². The van der Waals surface area contributed by atoms with Gasteiger partial charge in [0.1, 0.15) is 11.6 Å². The predicted molar refractivity (Wildman–Crippen MR) is 130 cm³/mol. The molecule has 0 spiro atoms. The highest BCUT2D eigenvalue weighted by Crippen LogP contribution is 2.40. The highest BCUT2D eigenvalue weighted by molar-refractivity contribution is 5.82. The van der Waals surface area contributed by atoms with Crippen LogP contribution in [0.15, 0.2) is 59.1 Å². The van der Waals surface area contributed by atoms with E-state index in [1.807, 2.05) is 30.5 Å². The maximum atomic E-state index is 13.9. The van der Waals surface area contributed by atoms with Crippen molar-refractivity contribution in [1.29, 1.82) is 0 Å². The number of anilines is 1. The summed E-state index contributed by atoms with van der Waals surface area (Å²) in [4.78, 5) is 4.41. The lowest BCUT2D eigenvalue weighted by Gasteiger charge is -2.34. The van der Waals surface area contributed by atoms with Gasteiger partial charge in [-0.15, -0.1) is 5.10 Å². The fraction of sp³-hybridized carbons (Fsp3) is 0.370. The molecule has 6 nitrogen and oxygen atoms in total. The summed E-state index contributed by atoms with van der Waals surface area (Å²) in [6.45, 7) is 2.18. The molecule has 0 radical (unpaired) electrons. The van der Waals surface area contributed by atoms with E-state index in [2.05, 4.69) is 33.5 Å². The highest BCUT2D eigenvalue weighted by atomic mass is 19.1. The van der Waals surface area contributed by atoms with Crippen molar-refractivity contribution < 1.29 is 13.5 Å². The predicted octanol–water partition coefficient (Wildman–Crippen LogP) is 6.60. The molecule has 5 rings (SSSR count). The van der Waals surface area contributed by atoms with Crippen molar-refractivity contribution in [3.63, 3.8) is 0 Å². The Morgan fingerprint density at radius 3 is 2.59 bits per heavy atom. The minimum atomic E-state index is -0.209. The zero-order chi connectivity index (χ0) is 23.5. The molecule has 0 aliphatic heterocycles. The first-order chi connectivity index (χ1) is 16.6. The smallest absolute Gasteiger partial charge is 0.315 e. The van der Waals surface area contributed by atoms with Gasteiger partial charge in [-0.25, -0.2) is 4.39 Å². The van der Waals surface area contributed by atoms with Gasteiger partial charge >= 0.3 is 6.01 Å². The molecule has 1 aliphatic rings. The van der Waals surface area contributed by atoms with Gasteiger partial charge in [-0.2, -0.15) is 0 Å². The minimum Gasteiger partial charge on any atom is -0.497 e. The standard InChI is InChI=1S/C27H29FN4O2/c1-3-24(30-27-32-31-26(34-27)19-8-11-21(33-2)12-9-19)18-6-4-17(5-7-18)22-14-15-29-25-13-10-20(28)16-23(22)25/h8-18,24H,3-7H2,1-2H3,(H,30,32)/t17-,18+,24?. The second kappa shape index (κ2) is 9.79. The number of hydrogen-bond acceptors (Lipinski definition) is 6. The van der Waals surface area contributed by atoms with Crippen molar-refractivity contribution in [2.45, 2.75) is 51.0 Å². The monoisotopic (exact) mass is 460 g/mol. The summed E-state index contributed by atoms with van der Waals surface area (Å²) in [6.07, 6.45) is 7.13. The molecule has 2 aromatic heterocycles. The third-order valence-electron chi connectivity index (χ3n) is 7.03. The molecule has 1 aliphatic carbocycles. The fourth-order valence-corrected chi connectivity index (χ4v) is 5.17. The van der Waals surface area contributed by atoms with Crippen LogP contribution in [0.5, 0.6) is 5.75 Å². The molecule has 1 saturated carbocycles. The van der Waals surface area contributed by atoms with Crippen molar-refractivity contribution in [3.05, 3.63) is 66.1 Å². The number of nitrogens with zero attached hydrogens (tertiary/aromatic N) is 3. The Bertz CT molecular complexity index is 1250. The van der Waals surface area contributed by atoms with Gasteiger partial charge in [0.2, 0.25) is 5.89 Å². The lowest BCUT2D eigenvalue weighted by atomic mass is 9.75. The van der Waals surface area contributed by atoms with E-state index in [0.717, 1.165) is 54.3 Å². The van der Waals surface area contributed by atoms with Crippen molar-refractivity contribution >= 4 is 16.9 Å². The maximum Gasteiger partial charge on any atom is 0.315 e. The van der Waals surface area contributed by atoms with E-state index in [4.69, 9.17) is 9.15 Å². The number of halogens is 1. The zero-order valence-corrected chi connectivity index (χ0v) is 19.5. The first-order valence-electron chi connectivity index (χ1n) is 11.9. The van der Waals surface area contributed by atoms with Gasteiger partial charge in [-0.1, -0.05) is 12.0 Å². The Labute approximate surface area is 198 Å². The lowest BCUT2D eigenvalue weighted by molar-refractivity contribution is 0.286. The van der Waals surface area contributed by atoms with E-state index in [-0.39, 0.29) is 11.9 Å². The van der Waals surface area contributed by atoms with E-state index < -0.39 is 0 Å². The molecule has 34 heavy (non-hydrogen) atoms. The van der Waals surface area contributed by atoms with Gasteiger partial charge in [0, 0.05) is 23.2 Å². The molecular formula is C27H29FN4O2. The number of ether oxygens (including phenoxy) is 1. The summed E-state index contributed by atoms with van der Waals surface area (Å²) in [7, 11) is 1.64. The fourth-order valence-electron chi connectivity index (χ4n) is 5.17. The third kappa shape index (κ3) is 4.60. The second-order valence-corrected chi connectivity index (χ2v) is 8.97. The quantitative estimate of drug-likeness (QED) is 0.335. The zero-order valence-electron chi connectivity index (χ0n) is 19.5. The van der Waals surface area contributed by atoms with Crippen LogP contribution in [0.2, 0.25) is 0 Å².